The molecular formula is C20H30N4O2. The third-order valence-corrected chi connectivity index (χ3v) is 4.72. The molecule has 0 aromatic heterocycles. The maximum atomic E-state index is 12.5. The molecule has 1 saturated carbocycles. The lowest BCUT2D eigenvalue weighted by Gasteiger charge is -2.35. The fraction of sp³-hybridized carbons (Fsp3) is 0.600. The molecule has 26 heavy (non-hydrogen) atoms. The number of amides is 3. The summed E-state index contributed by atoms with van der Waals surface area (Å²) in [5, 5.41) is 9.08. The molecule has 6 heteroatoms. The summed E-state index contributed by atoms with van der Waals surface area (Å²) in [5.41, 5.74) is 1.50. The van der Waals surface area contributed by atoms with Gasteiger partial charge in [-0.3, -0.25) is 4.79 Å². The summed E-state index contributed by atoms with van der Waals surface area (Å²) in [4.78, 5) is 26.8. The Morgan fingerprint density at radius 1 is 0.962 bits per heavy atom. The Bertz CT molecular complexity index is 656. The summed E-state index contributed by atoms with van der Waals surface area (Å²) in [6.45, 7) is 7.57. The van der Waals surface area contributed by atoms with E-state index in [1.165, 1.54) is 0 Å². The summed E-state index contributed by atoms with van der Waals surface area (Å²) in [6.07, 6.45) is 3.91. The molecule has 6 nitrogen and oxygen atoms in total. The van der Waals surface area contributed by atoms with Crippen LogP contribution in [0, 0.1) is 0 Å². The molecule has 0 atom stereocenters. The van der Waals surface area contributed by atoms with Crippen LogP contribution in [-0.2, 0) is 0 Å². The number of hydrogen-bond donors (Lipinski definition) is 3. The van der Waals surface area contributed by atoms with Gasteiger partial charge in [0, 0.05) is 36.4 Å². The van der Waals surface area contributed by atoms with Gasteiger partial charge in [0.05, 0.1) is 5.56 Å². The largest absolute Gasteiger partial charge is 0.371 e. The standard InChI is InChI=1S/C20H30N4O2/c1-20(2,3)23-19(26)22-15-10-12-24(13-11-15)17-7-5-4-6-16(17)18(25)21-14-8-9-14/h4-7,14-15H,8-13H2,1-3H3,(H,21,25)(H2,22,23,26). The van der Waals surface area contributed by atoms with Gasteiger partial charge in [-0.25, -0.2) is 4.79 Å². The second-order valence-corrected chi connectivity index (χ2v) is 8.37. The van der Waals surface area contributed by atoms with Crippen molar-refractivity contribution in [3.63, 3.8) is 0 Å². The van der Waals surface area contributed by atoms with Crippen molar-refractivity contribution in [2.75, 3.05) is 18.0 Å². The highest BCUT2D eigenvalue weighted by atomic mass is 16.2. The van der Waals surface area contributed by atoms with E-state index in [9.17, 15) is 9.59 Å². The van der Waals surface area contributed by atoms with Gasteiger partial charge < -0.3 is 20.9 Å². The van der Waals surface area contributed by atoms with Crippen LogP contribution in [0.5, 0.6) is 0 Å². The molecule has 1 aliphatic carbocycles. The van der Waals surface area contributed by atoms with Crippen molar-refractivity contribution in [1.29, 1.82) is 0 Å². The van der Waals surface area contributed by atoms with Crippen LogP contribution in [0.3, 0.4) is 0 Å². The Labute approximate surface area is 155 Å². The monoisotopic (exact) mass is 358 g/mol. The van der Waals surface area contributed by atoms with E-state index in [-0.39, 0.29) is 23.5 Å². The molecule has 142 valence electrons. The summed E-state index contributed by atoms with van der Waals surface area (Å²) < 4.78 is 0. The zero-order chi connectivity index (χ0) is 18.7. The second kappa shape index (κ2) is 7.56. The lowest BCUT2D eigenvalue weighted by atomic mass is 10.0. The maximum Gasteiger partial charge on any atom is 0.315 e. The van der Waals surface area contributed by atoms with Crippen LogP contribution >= 0.6 is 0 Å². The van der Waals surface area contributed by atoms with Crippen LogP contribution in [0.2, 0.25) is 0 Å². The minimum Gasteiger partial charge on any atom is -0.371 e. The molecule has 0 bridgehead atoms. The molecule has 1 aliphatic heterocycles. The van der Waals surface area contributed by atoms with Gasteiger partial charge in [0.15, 0.2) is 0 Å². The number of piperidine rings is 1. The molecule has 3 rings (SSSR count). The van der Waals surface area contributed by atoms with Crippen molar-refractivity contribution in [1.82, 2.24) is 16.0 Å². The number of benzene rings is 1. The van der Waals surface area contributed by atoms with Crippen molar-refractivity contribution < 1.29 is 9.59 Å². The number of hydrogen-bond acceptors (Lipinski definition) is 3. The maximum absolute atomic E-state index is 12.5. The van der Waals surface area contributed by atoms with Crippen molar-refractivity contribution >= 4 is 17.6 Å². The predicted molar refractivity (Wildman–Crippen MR) is 104 cm³/mol. The Balaban J connectivity index is 1.56. The molecule has 3 amide bonds. The number of carbonyl (C=O) groups excluding carboxylic acids is 2. The molecule has 3 N–H and O–H groups in total. The summed E-state index contributed by atoms with van der Waals surface area (Å²) in [5.74, 6) is 0.0212. The van der Waals surface area contributed by atoms with E-state index in [2.05, 4.69) is 20.9 Å². The normalized spacial score (nSPS) is 18.3. The molecule has 2 aliphatic rings. The molecular weight excluding hydrogens is 328 g/mol. The smallest absolute Gasteiger partial charge is 0.315 e. The number of rotatable bonds is 4. The van der Waals surface area contributed by atoms with Gasteiger partial charge in [-0.05, 0) is 58.6 Å². The van der Waals surface area contributed by atoms with Gasteiger partial charge in [0.1, 0.15) is 0 Å². The number of nitrogens with zero attached hydrogens (tertiary/aromatic N) is 1. The minimum atomic E-state index is -0.237. The molecule has 1 aromatic rings. The topological polar surface area (TPSA) is 73.5 Å². The van der Waals surface area contributed by atoms with Gasteiger partial charge in [-0.1, -0.05) is 12.1 Å². The molecule has 1 saturated heterocycles. The van der Waals surface area contributed by atoms with Gasteiger partial charge in [0.2, 0.25) is 0 Å². The van der Waals surface area contributed by atoms with E-state index < -0.39 is 0 Å². The van der Waals surface area contributed by atoms with Crippen LogP contribution < -0.4 is 20.9 Å². The van der Waals surface area contributed by atoms with Gasteiger partial charge in [0.25, 0.3) is 5.91 Å². The Kier molecular flexibility index (Phi) is 5.39. The SMILES string of the molecule is CC(C)(C)NC(=O)NC1CCN(c2ccccc2C(=O)NC2CC2)CC1. The first-order valence-electron chi connectivity index (χ1n) is 9.55. The highest BCUT2D eigenvalue weighted by Crippen LogP contribution is 2.26. The van der Waals surface area contributed by atoms with Gasteiger partial charge >= 0.3 is 6.03 Å². The molecule has 0 spiro atoms. The average Bonchev–Trinajstić information content (AvgIpc) is 3.38. The molecule has 0 unspecified atom stereocenters. The van der Waals surface area contributed by atoms with Crippen molar-refractivity contribution in [2.45, 2.75) is 64.1 Å². The third-order valence-electron chi connectivity index (χ3n) is 4.72. The predicted octanol–water partition coefficient (Wildman–Crippen LogP) is 2.65. The lowest BCUT2D eigenvalue weighted by molar-refractivity contribution is 0.0951. The molecule has 1 heterocycles. The average molecular weight is 358 g/mol. The Hall–Kier alpha value is -2.24. The summed E-state index contributed by atoms with van der Waals surface area (Å²) in [7, 11) is 0. The van der Waals surface area contributed by atoms with E-state index in [1.807, 2.05) is 45.0 Å². The van der Waals surface area contributed by atoms with Crippen LogP contribution in [0.4, 0.5) is 10.5 Å². The van der Waals surface area contributed by atoms with E-state index in [0.717, 1.165) is 50.0 Å². The number of urea groups is 1. The van der Waals surface area contributed by atoms with Crippen molar-refractivity contribution in [3.8, 4) is 0 Å². The minimum absolute atomic E-state index is 0.0212. The zero-order valence-corrected chi connectivity index (χ0v) is 16.0. The number of nitrogens with one attached hydrogen (secondary N) is 3. The van der Waals surface area contributed by atoms with Crippen LogP contribution in [-0.4, -0.2) is 42.7 Å². The first-order valence-corrected chi connectivity index (χ1v) is 9.55. The summed E-state index contributed by atoms with van der Waals surface area (Å²) >= 11 is 0. The first kappa shape index (κ1) is 18.5. The molecule has 1 aromatic carbocycles. The molecule has 0 radical (unpaired) electrons. The Morgan fingerprint density at radius 3 is 2.19 bits per heavy atom. The number of para-hydroxylation sites is 1. The Morgan fingerprint density at radius 2 is 1.58 bits per heavy atom. The molecule has 2 fully saturated rings. The number of anilines is 1. The van der Waals surface area contributed by atoms with Crippen LogP contribution in [0.15, 0.2) is 24.3 Å². The quantitative estimate of drug-likeness (QED) is 0.775. The van der Waals surface area contributed by atoms with Gasteiger partial charge in [-0.15, -0.1) is 0 Å². The third kappa shape index (κ3) is 5.13. The lowest BCUT2D eigenvalue weighted by Crippen LogP contribution is -2.52. The van der Waals surface area contributed by atoms with E-state index in [4.69, 9.17) is 0 Å². The summed E-state index contributed by atoms with van der Waals surface area (Å²) in [6, 6.07) is 8.21. The fourth-order valence-electron chi connectivity index (χ4n) is 3.26. The second-order valence-electron chi connectivity index (χ2n) is 8.37. The van der Waals surface area contributed by atoms with Crippen molar-refractivity contribution in [3.05, 3.63) is 29.8 Å². The van der Waals surface area contributed by atoms with E-state index in [1.54, 1.807) is 0 Å². The zero-order valence-electron chi connectivity index (χ0n) is 16.0. The highest BCUT2D eigenvalue weighted by molar-refractivity contribution is 6.00. The highest BCUT2D eigenvalue weighted by Gasteiger charge is 2.27. The first-order chi connectivity index (χ1) is 12.3. The van der Waals surface area contributed by atoms with E-state index >= 15 is 0 Å². The van der Waals surface area contributed by atoms with E-state index in [0.29, 0.717) is 6.04 Å². The van der Waals surface area contributed by atoms with Crippen LogP contribution in [0.25, 0.3) is 0 Å². The van der Waals surface area contributed by atoms with Gasteiger partial charge in [-0.2, -0.15) is 0 Å². The van der Waals surface area contributed by atoms with Crippen molar-refractivity contribution in [2.24, 2.45) is 0 Å². The number of carbonyl (C=O) groups is 2. The fourth-order valence-corrected chi connectivity index (χ4v) is 3.26. The van der Waals surface area contributed by atoms with Crippen LogP contribution in [0.1, 0.15) is 56.8 Å².